The molecule has 0 saturated carbocycles. The molecule has 1 heterocycles. The summed E-state index contributed by atoms with van der Waals surface area (Å²) in [5.74, 6) is -2.69. The number of fused-ring (bicyclic) bond motifs is 1. The highest BCUT2D eigenvalue weighted by Gasteiger charge is 2.13. The fourth-order valence-corrected chi connectivity index (χ4v) is 1.84. The number of benzene rings is 2. The van der Waals surface area contributed by atoms with Crippen molar-refractivity contribution in [1.82, 2.24) is 4.98 Å². The van der Waals surface area contributed by atoms with E-state index in [4.69, 9.17) is 9.52 Å². The van der Waals surface area contributed by atoms with Gasteiger partial charge in [-0.2, -0.15) is 4.98 Å². The number of carbonyl (C=O) groups is 1. The molecular weight excluding hydrogens is 282 g/mol. The number of carboxylic acids is 1. The van der Waals surface area contributed by atoms with Crippen LogP contribution in [-0.4, -0.2) is 16.1 Å². The number of nitrogens with zero attached hydrogens (tertiary/aromatic N) is 1. The van der Waals surface area contributed by atoms with Crippen LogP contribution in [0.25, 0.3) is 11.1 Å². The van der Waals surface area contributed by atoms with Gasteiger partial charge in [-0.25, -0.2) is 13.6 Å². The van der Waals surface area contributed by atoms with Gasteiger partial charge in [-0.1, -0.05) is 6.07 Å². The number of nitrogens with one attached hydrogen (secondary N) is 1. The molecule has 106 valence electrons. The Morgan fingerprint density at radius 3 is 2.57 bits per heavy atom. The number of aromatic carboxylic acids is 1. The molecule has 0 amide bonds. The summed E-state index contributed by atoms with van der Waals surface area (Å²) in [5.41, 5.74) is 0.221. The minimum absolute atomic E-state index is 0.0299. The van der Waals surface area contributed by atoms with Gasteiger partial charge in [0.05, 0.1) is 5.56 Å². The Kier molecular flexibility index (Phi) is 3.02. The molecule has 2 N–H and O–H groups in total. The number of para-hydroxylation sites is 1. The van der Waals surface area contributed by atoms with E-state index >= 15 is 0 Å². The van der Waals surface area contributed by atoms with Gasteiger partial charge in [-0.15, -0.1) is 0 Å². The van der Waals surface area contributed by atoms with Gasteiger partial charge in [0, 0.05) is 0 Å². The predicted molar refractivity (Wildman–Crippen MR) is 70.6 cm³/mol. The van der Waals surface area contributed by atoms with Crippen molar-refractivity contribution >= 4 is 28.8 Å². The van der Waals surface area contributed by atoms with Gasteiger partial charge in [-0.3, -0.25) is 0 Å². The van der Waals surface area contributed by atoms with E-state index in [2.05, 4.69) is 10.3 Å². The number of halogens is 2. The first kappa shape index (κ1) is 13.0. The number of rotatable bonds is 3. The van der Waals surface area contributed by atoms with Crippen molar-refractivity contribution in [3.63, 3.8) is 0 Å². The lowest BCUT2D eigenvalue weighted by Gasteiger charge is -2.03. The van der Waals surface area contributed by atoms with Crippen LogP contribution in [0.2, 0.25) is 0 Å². The minimum atomic E-state index is -1.11. The topological polar surface area (TPSA) is 75.4 Å². The molecule has 0 fully saturated rings. The maximum absolute atomic E-state index is 13.5. The van der Waals surface area contributed by atoms with Gasteiger partial charge in [0.15, 0.2) is 5.58 Å². The second-order valence-electron chi connectivity index (χ2n) is 4.23. The van der Waals surface area contributed by atoms with E-state index in [9.17, 15) is 13.6 Å². The largest absolute Gasteiger partial charge is 0.478 e. The van der Waals surface area contributed by atoms with Crippen LogP contribution in [0.1, 0.15) is 10.4 Å². The molecule has 0 aliphatic heterocycles. The van der Waals surface area contributed by atoms with Crippen molar-refractivity contribution in [2.24, 2.45) is 0 Å². The Balaban J connectivity index is 2.00. The number of anilines is 2. The molecular formula is C14H8F2N2O3. The normalized spacial score (nSPS) is 10.8. The van der Waals surface area contributed by atoms with Gasteiger partial charge in [0.25, 0.3) is 6.01 Å². The summed E-state index contributed by atoms with van der Waals surface area (Å²) in [6.07, 6.45) is 0. The number of hydrogen-bond donors (Lipinski definition) is 2. The summed E-state index contributed by atoms with van der Waals surface area (Å²) in [7, 11) is 0. The summed E-state index contributed by atoms with van der Waals surface area (Å²) in [6.45, 7) is 0. The Morgan fingerprint density at radius 2 is 1.90 bits per heavy atom. The van der Waals surface area contributed by atoms with Crippen LogP contribution in [0.15, 0.2) is 40.8 Å². The Bertz CT molecular complexity index is 825. The van der Waals surface area contributed by atoms with Crippen molar-refractivity contribution < 1.29 is 23.1 Å². The van der Waals surface area contributed by atoms with Crippen LogP contribution >= 0.6 is 0 Å². The molecule has 3 aromatic rings. The Labute approximate surface area is 116 Å². The van der Waals surface area contributed by atoms with Crippen molar-refractivity contribution in [2.45, 2.75) is 0 Å². The molecule has 2 aromatic carbocycles. The third-order valence-electron chi connectivity index (χ3n) is 2.83. The molecule has 0 aliphatic rings. The fourth-order valence-electron chi connectivity index (χ4n) is 1.84. The Hall–Kier alpha value is -2.96. The maximum Gasteiger partial charge on any atom is 0.335 e. The van der Waals surface area contributed by atoms with Gasteiger partial charge in [-0.05, 0) is 30.3 Å². The third kappa shape index (κ3) is 2.40. The average Bonchev–Trinajstić information content (AvgIpc) is 2.84. The van der Waals surface area contributed by atoms with Crippen LogP contribution in [0.3, 0.4) is 0 Å². The van der Waals surface area contributed by atoms with Gasteiger partial charge >= 0.3 is 5.97 Å². The molecule has 0 spiro atoms. The first-order chi connectivity index (χ1) is 10.0. The zero-order valence-corrected chi connectivity index (χ0v) is 10.4. The molecule has 1 aromatic heterocycles. The quantitative estimate of drug-likeness (QED) is 0.771. The fraction of sp³-hybridized carbons (Fsp3) is 0. The van der Waals surface area contributed by atoms with E-state index in [1.54, 1.807) is 0 Å². The van der Waals surface area contributed by atoms with Crippen LogP contribution in [0, 0.1) is 11.6 Å². The zero-order chi connectivity index (χ0) is 15.0. The first-order valence-electron chi connectivity index (χ1n) is 5.89. The lowest BCUT2D eigenvalue weighted by Crippen LogP contribution is -1.97. The molecule has 21 heavy (non-hydrogen) atoms. The molecule has 0 saturated heterocycles. The predicted octanol–water partition coefficient (Wildman–Crippen LogP) is 3.55. The standard InChI is InChI=1S/C14H8F2N2O3/c15-8-2-1-3-9(16)12(8)18-14-17-10-5-4-7(13(19)20)6-11(10)21-14/h1-6H,(H,17,18)(H,19,20). The highest BCUT2D eigenvalue weighted by atomic mass is 19.1. The maximum atomic E-state index is 13.5. The SMILES string of the molecule is O=C(O)c1ccc2nc(Nc3c(F)cccc3F)oc2c1. The summed E-state index contributed by atoms with van der Waals surface area (Å²) < 4.78 is 32.3. The highest BCUT2D eigenvalue weighted by Crippen LogP contribution is 2.26. The third-order valence-corrected chi connectivity index (χ3v) is 2.83. The molecule has 5 nitrogen and oxygen atoms in total. The van der Waals surface area contributed by atoms with E-state index in [1.807, 2.05) is 0 Å². The van der Waals surface area contributed by atoms with Gasteiger partial charge in [0.2, 0.25) is 0 Å². The Morgan fingerprint density at radius 1 is 1.19 bits per heavy atom. The van der Waals surface area contributed by atoms with E-state index in [-0.39, 0.29) is 22.8 Å². The highest BCUT2D eigenvalue weighted by molar-refractivity contribution is 5.92. The van der Waals surface area contributed by atoms with Crippen molar-refractivity contribution in [3.8, 4) is 0 Å². The lowest BCUT2D eigenvalue weighted by atomic mass is 10.2. The van der Waals surface area contributed by atoms with Gasteiger partial charge < -0.3 is 14.8 Å². The number of aromatic nitrogens is 1. The van der Waals surface area contributed by atoms with Crippen LogP contribution in [0.4, 0.5) is 20.5 Å². The molecule has 0 unspecified atom stereocenters. The first-order valence-corrected chi connectivity index (χ1v) is 5.89. The number of hydrogen-bond acceptors (Lipinski definition) is 4. The molecule has 0 atom stereocenters. The van der Waals surface area contributed by atoms with Crippen molar-refractivity contribution in [1.29, 1.82) is 0 Å². The van der Waals surface area contributed by atoms with Gasteiger partial charge in [0.1, 0.15) is 22.8 Å². The summed E-state index contributed by atoms with van der Waals surface area (Å²) in [6, 6.07) is 7.39. The minimum Gasteiger partial charge on any atom is -0.478 e. The van der Waals surface area contributed by atoms with Crippen LogP contribution in [0.5, 0.6) is 0 Å². The van der Waals surface area contributed by atoms with E-state index in [0.717, 1.165) is 12.1 Å². The lowest BCUT2D eigenvalue weighted by molar-refractivity contribution is 0.0697. The smallest absolute Gasteiger partial charge is 0.335 e. The van der Waals surface area contributed by atoms with Crippen molar-refractivity contribution in [2.75, 3.05) is 5.32 Å². The summed E-state index contributed by atoms with van der Waals surface area (Å²) in [4.78, 5) is 14.8. The van der Waals surface area contributed by atoms with E-state index in [0.29, 0.717) is 5.52 Å². The van der Waals surface area contributed by atoms with Crippen LogP contribution < -0.4 is 5.32 Å². The molecule has 7 heteroatoms. The molecule has 0 aliphatic carbocycles. The summed E-state index contributed by atoms with van der Waals surface area (Å²) in [5, 5.41) is 11.3. The second-order valence-corrected chi connectivity index (χ2v) is 4.23. The number of oxazole rings is 1. The average molecular weight is 290 g/mol. The van der Waals surface area contributed by atoms with Crippen molar-refractivity contribution in [3.05, 3.63) is 53.6 Å². The molecule has 0 radical (unpaired) electrons. The molecule has 3 rings (SSSR count). The monoisotopic (exact) mass is 290 g/mol. The van der Waals surface area contributed by atoms with Crippen LogP contribution in [-0.2, 0) is 0 Å². The molecule has 0 bridgehead atoms. The second kappa shape index (κ2) is 4.86. The summed E-state index contributed by atoms with van der Waals surface area (Å²) >= 11 is 0. The zero-order valence-electron chi connectivity index (χ0n) is 10.4. The van der Waals surface area contributed by atoms with E-state index < -0.39 is 17.6 Å². The number of carboxylic acid groups (broad SMARTS) is 1. The van der Waals surface area contributed by atoms with E-state index in [1.165, 1.54) is 24.3 Å².